The van der Waals surface area contributed by atoms with Crippen molar-refractivity contribution >= 4 is 86.1 Å². The van der Waals surface area contributed by atoms with Crippen LogP contribution in [0, 0.1) is 20.8 Å². The van der Waals surface area contributed by atoms with Crippen molar-refractivity contribution in [1.82, 2.24) is 0 Å². The van der Waals surface area contributed by atoms with E-state index in [1.807, 2.05) is 12.1 Å². The third-order valence-corrected chi connectivity index (χ3v) is 16.9. The molecule has 0 aliphatic carbocycles. The molecule has 0 aliphatic heterocycles. The zero-order chi connectivity index (χ0) is 52.3. The second kappa shape index (κ2) is 76.7. The summed E-state index contributed by atoms with van der Waals surface area (Å²) in [6.07, 6.45) is 48.1. The number of hydrogen-bond acceptors (Lipinski definition) is 2. The summed E-state index contributed by atoms with van der Waals surface area (Å²) in [5.74, 6) is 0.540. The minimum atomic E-state index is -0.171. The predicted molar refractivity (Wildman–Crippen MR) is 328 cm³/mol. The number of benzene rings is 2. The summed E-state index contributed by atoms with van der Waals surface area (Å²) in [4.78, 5) is 0. The van der Waals surface area contributed by atoms with Crippen molar-refractivity contribution in [2.24, 2.45) is 0 Å². The molecule has 0 aromatic heterocycles. The van der Waals surface area contributed by atoms with E-state index in [1.165, 1.54) is 226 Å². The van der Waals surface area contributed by atoms with Crippen LogP contribution in [0.5, 0.6) is 11.5 Å². The molecule has 408 valence electrons. The zero-order valence-corrected chi connectivity index (χ0v) is 58.4. The van der Waals surface area contributed by atoms with Crippen LogP contribution in [0.3, 0.4) is 0 Å². The summed E-state index contributed by atoms with van der Waals surface area (Å²) < 4.78 is 0. The number of aryl methyl sites for hydroxylation is 2. The molecule has 0 fully saturated rings. The van der Waals surface area contributed by atoms with Gasteiger partial charge in [-0.25, -0.2) is 0 Å². The van der Waals surface area contributed by atoms with Gasteiger partial charge < -0.3 is 31.0 Å². The number of unbranched alkanes of at least 4 members (excludes halogenated alkanes) is 27. The van der Waals surface area contributed by atoms with Crippen LogP contribution in [0.15, 0.2) is 36.4 Å². The van der Waals surface area contributed by atoms with Crippen molar-refractivity contribution in [3.8, 4) is 11.5 Å². The van der Waals surface area contributed by atoms with E-state index in [0.29, 0.717) is 0 Å². The molecule has 0 saturated heterocycles. The normalized spacial score (nSPS) is 9.85. The fourth-order valence-electron chi connectivity index (χ4n) is 8.19. The van der Waals surface area contributed by atoms with E-state index in [4.69, 9.17) is 0 Å². The first kappa shape index (κ1) is 87.4. The summed E-state index contributed by atoms with van der Waals surface area (Å²) in [5.41, 5.74) is 4.88. The molecule has 0 atom stereocenters. The van der Waals surface area contributed by atoms with Crippen LogP contribution in [0.25, 0.3) is 0 Å². The Bertz CT molecular complexity index is 1130. The third-order valence-electron chi connectivity index (χ3n) is 13.4. The van der Waals surface area contributed by atoms with Gasteiger partial charge in [0.1, 0.15) is 0 Å². The van der Waals surface area contributed by atoms with Crippen LogP contribution in [-0.2, 0) is 25.7 Å². The van der Waals surface area contributed by atoms with Gasteiger partial charge in [-0.2, -0.15) is 19.3 Å². The molecule has 0 saturated carbocycles. The van der Waals surface area contributed by atoms with Crippen molar-refractivity contribution < 1.29 is 29.1 Å². The first-order valence-corrected chi connectivity index (χ1v) is 33.1. The molecule has 0 N–H and O–H groups in total. The van der Waals surface area contributed by atoms with Crippen LogP contribution in [0.2, 0.25) is 15.8 Å². The molecular weight excluding hydrogens is 1020 g/mol. The fourth-order valence-corrected chi connectivity index (χ4v) is 9.92. The zero-order valence-electron chi connectivity index (χ0n) is 51.4. The Labute approximate surface area is 529 Å². The van der Waals surface area contributed by atoms with Crippen molar-refractivity contribution in [3.05, 3.63) is 79.4 Å². The van der Waals surface area contributed by atoms with E-state index >= 15 is 0 Å². The van der Waals surface area contributed by atoms with Crippen molar-refractivity contribution in [2.75, 3.05) is 0 Å². The van der Waals surface area contributed by atoms with E-state index in [1.54, 1.807) is 12.1 Å². The Morgan fingerprint density at radius 1 is 0.333 bits per heavy atom. The molecule has 0 spiro atoms. The molecular formula is C66H124AlBaLiMgO2. The first-order valence-electron chi connectivity index (χ1n) is 30.6. The maximum atomic E-state index is 12.3. The molecule has 0 unspecified atom stereocenters. The molecule has 0 amide bonds. The van der Waals surface area contributed by atoms with Gasteiger partial charge in [-0.1, -0.05) is 306 Å². The Kier molecular flexibility index (Phi) is 93.1. The topological polar surface area (TPSA) is 46.1 Å². The van der Waals surface area contributed by atoms with E-state index in [-0.39, 0.29) is 116 Å². The Morgan fingerprint density at radius 3 is 0.736 bits per heavy atom. The summed E-state index contributed by atoms with van der Waals surface area (Å²) in [7, 11) is 0. The van der Waals surface area contributed by atoms with E-state index in [9.17, 15) is 10.2 Å². The largest absolute Gasteiger partial charge is 2.00 e. The Morgan fingerprint density at radius 2 is 0.542 bits per heavy atom. The average molecular weight is 1150 g/mol. The van der Waals surface area contributed by atoms with E-state index < -0.39 is 0 Å². The van der Waals surface area contributed by atoms with Gasteiger partial charge in [0.2, 0.25) is 0 Å². The molecule has 0 radical (unpaired) electrons. The third kappa shape index (κ3) is 64.0. The van der Waals surface area contributed by atoms with Crippen LogP contribution in [0.1, 0.15) is 310 Å². The van der Waals surface area contributed by atoms with Crippen molar-refractivity contribution in [2.45, 2.75) is 329 Å². The molecule has 2 rings (SSSR count). The van der Waals surface area contributed by atoms with Crippen LogP contribution in [-0.4, -0.2) is 86.1 Å². The van der Waals surface area contributed by atoms with Crippen LogP contribution in [0.4, 0.5) is 0 Å². The van der Waals surface area contributed by atoms with Gasteiger partial charge in [0.05, 0.1) is 0 Å². The Balaban J connectivity index is -0.000000168. The maximum Gasteiger partial charge on any atom is 2.00 e. The first-order chi connectivity index (χ1) is 33.7. The van der Waals surface area contributed by atoms with Gasteiger partial charge in [-0.05, 0) is 62.5 Å². The average Bonchev–Trinajstić information content (AvgIpc) is 3.37. The fraction of sp³-hybridized carbons (Fsp3) is 0.773. The van der Waals surface area contributed by atoms with E-state index in [0.717, 1.165) is 56.1 Å². The van der Waals surface area contributed by atoms with Crippen molar-refractivity contribution in [3.63, 3.8) is 0 Å². The van der Waals surface area contributed by atoms with Gasteiger partial charge in [0.15, 0.2) is 0 Å². The maximum absolute atomic E-state index is 12.3. The molecule has 72 heavy (non-hydrogen) atoms. The standard InChI is InChI=1S/2C24H42O.3C4H9.3C2H5.Al.Ba.Li.Mg/c2*1-3-5-7-9-11-13-15-18-22-19-17-21-24(25)23(22)20-16-14-12-10-8-6-4-2;3*1-3-4-2;3*1-2;;;;/h2*17,19,21,25H,3-16,18,20H2,1-2H3;3*1,3-4H2,2H3;3*1H2,2H3;;;;/q;;3*-1;;;;;+2;+1;+2/p-2. The van der Waals surface area contributed by atoms with Crippen molar-refractivity contribution in [1.29, 1.82) is 0 Å². The summed E-state index contributed by atoms with van der Waals surface area (Å²) in [6, 6.07) is 11.8. The molecule has 6 heteroatoms. The Hall–Kier alpha value is 1.51. The number of rotatable bonds is 38. The molecule has 0 aliphatic rings. The van der Waals surface area contributed by atoms with Crippen LogP contribution >= 0.6 is 0 Å². The van der Waals surface area contributed by atoms with Gasteiger partial charge in [0, 0.05) is 0 Å². The summed E-state index contributed by atoms with van der Waals surface area (Å²) >= 11 is -0.171. The van der Waals surface area contributed by atoms with E-state index in [2.05, 4.69) is 102 Å². The monoisotopic (exact) mass is 1140 g/mol. The minimum absolute atomic E-state index is 0. The molecule has 0 heterocycles. The van der Waals surface area contributed by atoms with Gasteiger partial charge >= 0.3 is 90.8 Å². The molecule has 2 aromatic rings. The second-order valence-corrected chi connectivity index (χ2v) is 24.1. The summed E-state index contributed by atoms with van der Waals surface area (Å²) in [5, 5.41) is 29.0. The molecule has 2 aromatic carbocycles. The smallest absolute Gasteiger partial charge is 0.872 e. The van der Waals surface area contributed by atoms with Gasteiger partial charge in [-0.15, -0.1) is 11.5 Å². The quantitative estimate of drug-likeness (QED) is 0.0382. The molecule has 2 nitrogen and oxygen atoms in total. The van der Waals surface area contributed by atoms with Gasteiger partial charge in [0.25, 0.3) is 14.1 Å². The summed E-state index contributed by atoms with van der Waals surface area (Å²) in [6.45, 7) is 33.2. The molecule has 0 bridgehead atoms. The number of hydrogen-bond donors (Lipinski definition) is 0. The predicted octanol–water partition coefficient (Wildman–Crippen LogP) is 18.3. The van der Waals surface area contributed by atoms with Crippen LogP contribution < -0.4 is 29.1 Å². The van der Waals surface area contributed by atoms with Gasteiger partial charge in [-0.3, -0.25) is 0 Å². The SMILES string of the molecule is CCCCCCCCCc1cccc([O-])c1CCCCCCCCC.CCCCCCCCCc1cccc([O-])c1CCCCCCCCC.C[CH2][Al]([CH2]C)[CH2]C.[Ba+2].[CH2-]CCC.[CH2-]CCC.[CH2-]CCC.[Li+].[Mg+2]. The minimum Gasteiger partial charge on any atom is -0.872 e. The second-order valence-electron chi connectivity index (χ2n) is 19.9.